The first-order chi connectivity index (χ1) is 17.2. The normalized spacial score (nSPS) is 11.5. The van der Waals surface area contributed by atoms with E-state index in [1.807, 2.05) is 36.7 Å². The smallest absolute Gasteiger partial charge is 0.123 e. The third-order valence-corrected chi connectivity index (χ3v) is 6.17. The van der Waals surface area contributed by atoms with E-state index in [4.69, 9.17) is 0 Å². The molecule has 0 fully saturated rings. The number of aromatic amines is 2. The summed E-state index contributed by atoms with van der Waals surface area (Å²) in [6.45, 7) is 3.79. The van der Waals surface area contributed by atoms with Crippen LogP contribution in [0.2, 0.25) is 0 Å². The van der Waals surface area contributed by atoms with Crippen molar-refractivity contribution in [1.29, 1.82) is 0 Å². The molecule has 0 aliphatic heterocycles. The average molecular weight is 463 g/mol. The van der Waals surface area contributed by atoms with Crippen LogP contribution < -0.4 is 5.32 Å². The second-order valence-corrected chi connectivity index (χ2v) is 8.51. The highest BCUT2D eigenvalue weighted by Gasteiger charge is 2.15. The maximum Gasteiger partial charge on any atom is 0.123 e. The Morgan fingerprint density at radius 2 is 1.77 bits per heavy atom. The first-order valence-corrected chi connectivity index (χ1v) is 11.6. The Balaban J connectivity index is 1.44. The Morgan fingerprint density at radius 3 is 2.66 bits per heavy atom. The Labute approximate surface area is 201 Å². The summed E-state index contributed by atoms with van der Waals surface area (Å²) in [6.07, 6.45) is 5.51. The number of fused-ring (bicyclic) bond motifs is 2. The van der Waals surface area contributed by atoms with Crippen LogP contribution >= 0.6 is 0 Å². The number of nitrogens with one attached hydrogen (secondary N) is 3. The summed E-state index contributed by atoms with van der Waals surface area (Å²) in [4.78, 5) is 12.4. The molecule has 0 amide bonds. The van der Waals surface area contributed by atoms with Gasteiger partial charge in [-0.05, 0) is 60.1 Å². The lowest BCUT2D eigenvalue weighted by Gasteiger charge is -2.06. The van der Waals surface area contributed by atoms with E-state index < -0.39 is 0 Å². The molecule has 7 heteroatoms. The maximum atomic E-state index is 13.9. The monoisotopic (exact) mass is 462 g/mol. The van der Waals surface area contributed by atoms with Crippen LogP contribution in [-0.2, 0) is 6.54 Å². The fraction of sp³-hybridized carbons (Fsp3) is 0.107. The van der Waals surface area contributed by atoms with Crippen molar-refractivity contribution in [3.05, 3.63) is 90.6 Å². The molecule has 35 heavy (non-hydrogen) atoms. The number of pyridine rings is 2. The molecule has 0 aliphatic carbocycles. The summed E-state index contributed by atoms with van der Waals surface area (Å²) in [5, 5.41) is 13.0. The summed E-state index contributed by atoms with van der Waals surface area (Å²) >= 11 is 0. The minimum Gasteiger partial charge on any atom is -0.353 e. The lowest BCUT2D eigenvalue weighted by atomic mass is 10.0. The summed E-state index contributed by atoms with van der Waals surface area (Å²) in [5.41, 5.74) is 8.30. The van der Waals surface area contributed by atoms with E-state index in [1.165, 1.54) is 12.1 Å². The third kappa shape index (κ3) is 3.96. The summed E-state index contributed by atoms with van der Waals surface area (Å²) in [5.74, 6) is -0.285. The molecule has 4 heterocycles. The number of nitrogens with zero attached hydrogens (tertiary/aromatic N) is 3. The van der Waals surface area contributed by atoms with E-state index in [0.717, 1.165) is 74.2 Å². The van der Waals surface area contributed by atoms with Crippen LogP contribution in [0.4, 0.5) is 4.39 Å². The number of aromatic nitrogens is 5. The molecule has 2 aromatic carbocycles. The number of halogens is 1. The molecule has 0 atom stereocenters. The van der Waals surface area contributed by atoms with Crippen LogP contribution in [0.5, 0.6) is 0 Å². The maximum absolute atomic E-state index is 13.9. The number of rotatable bonds is 6. The molecule has 0 bridgehead atoms. The molecule has 0 saturated carbocycles. The van der Waals surface area contributed by atoms with E-state index in [-0.39, 0.29) is 5.82 Å². The zero-order valence-corrected chi connectivity index (χ0v) is 19.1. The minimum absolute atomic E-state index is 0.285. The molecule has 3 N–H and O–H groups in total. The van der Waals surface area contributed by atoms with E-state index in [1.54, 1.807) is 12.3 Å². The topological polar surface area (TPSA) is 82.3 Å². The highest BCUT2D eigenvalue weighted by atomic mass is 19.1. The summed E-state index contributed by atoms with van der Waals surface area (Å²) in [7, 11) is 0. The van der Waals surface area contributed by atoms with Crippen LogP contribution in [0.25, 0.3) is 55.6 Å². The third-order valence-electron chi connectivity index (χ3n) is 6.17. The van der Waals surface area contributed by atoms with Crippen LogP contribution in [0.15, 0.2) is 79.3 Å². The van der Waals surface area contributed by atoms with Gasteiger partial charge in [0.1, 0.15) is 11.5 Å². The number of benzene rings is 2. The van der Waals surface area contributed by atoms with Crippen LogP contribution in [-0.4, -0.2) is 31.7 Å². The van der Waals surface area contributed by atoms with Gasteiger partial charge in [0.2, 0.25) is 0 Å². The molecule has 172 valence electrons. The summed E-state index contributed by atoms with van der Waals surface area (Å²) < 4.78 is 13.9. The molecule has 0 aliphatic rings. The fourth-order valence-electron chi connectivity index (χ4n) is 4.46. The fourth-order valence-corrected chi connectivity index (χ4v) is 4.46. The van der Waals surface area contributed by atoms with Crippen molar-refractivity contribution in [1.82, 2.24) is 30.5 Å². The molecule has 6 aromatic rings. The van der Waals surface area contributed by atoms with Gasteiger partial charge >= 0.3 is 0 Å². The van der Waals surface area contributed by atoms with Gasteiger partial charge in [0.15, 0.2) is 0 Å². The Bertz CT molecular complexity index is 1670. The zero-order chi connectivity index (χ0) is 23.8. The second-order valence-electron chi connectivity index (χ2n) is 8.51. The van der Waals surface area contributed by atoms with Crippen LogP contribution in [0, 0.1) is 5.82 Å². The molecule has 0 spiro atoms. The summed E-state index contributed by atoms with van der Waals surface area (Å²) in [6, 6.07) is 18.9. The predicted molar refractivity (Wildman–Crippen MR) is 137 cm³/mol. The number of hydrogen-bond acceptors (Lipinski definition) is 4. The molecule has 6 nitrogen and oxygen atoms in total. The Hall–Kier alpha value is -4.36. The molecule has 6 rings (SSSR count). The van der Waals surface area contributed by atoms with E-state index in [2.05, 4.69) is 55.6 Å². The standard InChI is InChI=1S/C28H23FN6/c1-2-30-14-17-10-20(16-31-15-17)18-6-7-25-22(12-18)28(35-34-25)26-13-23-24(33-26)8-9-32-27(23)19-4-3-5-21(29)11-19/h3-13,15-16,30,33H,2,14H2,1H3,(H,34,35). The van der Waals surface area contributed by atoms with Gasteiger partial charge in [0.05, 0.1) is 16.9 Å². The quantitative estimate of drug-likeness (QED) is 0.280. The predicted octanol–water partition coefficient (Wildman–Crippen LogP) is 6.08. The van der Waals surface area contributed by atoms with Crippen molar-refractivity contribution in [2.45, 2.75) is 13.5 Å². The first kappa shape index (κ1) is 21.2. The second kappa shape index (κ2) is 8.77. The zero-order valence-electron chi connectivity index (χ0n) is 19.1. The molecule has 4 aromatic heterocycles. The van der Waals surface area contributed by atoms with E-state index >= 15 is 0 Å². The average Bonchev–Trinajstić information content (AvgIpc) is 3.51. The largest absolute Gasteiger partial charge is 0.353 e. The van der Waals surface area contributed by atoms with Crippen LogP contribution in [0.1, 0.15) is 12.5 Å². The minimum atomic E-state index is -0.285. The van der Waals surface area contributed by atoms with Crippen molar-refractivity contribution < 1.29 is 4.39 Å². The molecule has 0 unspecified atom stereocenters. The van der Waals surface area contributed by atoms with Crippen molar-refractivity contribution in [3.63, 3.8) is 0 Å². The Kier molecular flexibility index (Phi) is 5.31. The lowest BCUT2D eigenvalue weighted by molar-refractivity contribution is 0.628. The van der Waals surface area contributed by atoms with Crippen LogP contribution in [0.3, 0.4) is 0 Å². The van der Waals surface area contributed by atoms with Gasteiger partial charge in [-0.15, -0.1) is 0 Å². The molecule has 0 saturated heterocycles. The van der Waals surface area contributed by atoms with Gasteiger partial charge in [-0.1, -0.05) is 25.1 Å². The van der Waals surface area contributed by atoms with Gasteiger partial charge in [0, 0.05) is 52.6 Å². The Morgan fingerprint density at radius 1 is 0.857 bits per heavy atom. The van der Waals surface area contributed by atoms with Crippen molar-refractivity contribution in [3.8, 4) is 33.8 Å². The highest BCUT2D eigenvalue weighted by Crippen LogP contribution is 2.34. The van der Waals surface area contributed by atoms with Gasteiger partial charge < -0.3 is 10.3 Å². The van der Waals surface area contributed by atoms with Gasteiger partial charge in [-0.25, -0.2) is 4.39 Å². The van der Waals surface area contributed by atoms with E-state index in [0.29, 0.717) is 0 Å². The highest BCUT2D eigenvalue weighted by molar-refractivity contribution is 6.00. The number of hydrogen-bond donors (Lipinski definition) is 3. The molecular formula is C28H23FN6. The van der Waals surface area contributed by atoms with Gasteiger partial charge in [-0.3, -0.25) is 15.1 Å². The number of H-pyrrole nitrogens is 2. The first-order valence-electron chi connectivity index (χ1n) is 11.6. The van der Waals surface area contributed by atoms with Gasteiger partial charge in [-0.2, -0.15) is 5.10 Å². The van der Waals surface area contributed by atoms with Gasteiger partial charge in [0.25, 0.3) is 0 Å². The van der Waals surface area contributed by atoms with Crippen molar-refractivity contribution in [2.75, 3.05) is 6.54 Å². The van der Waals surface area contributed by atoms with Crippen molar-refractivity contribution >= 4 is 21.8 Å². The van der Waals surface area contributed by atoms with E-state index in [9.17, 15) is 4.39 Å². The molecule has 0 radical (unpaired) electrons. The SMILES string of the molecule is CCNCc1cncc(-c2ccc3[nH]nc(-c4cc5c(-c6cccc(F)c6)nccc5[nH]4)c3c2)c1. The molecular weight excluding hydrogens is 439 g/mol. The lowest BCUT2D eigenvalue weighted by Crippen LogP contribution is -2.11. The van der Waals surface area contributed by atoms with Crippen molar-refractivity contribution in [2.24, 2.45) is 0 Å².